The molecule has 6 heteroatoms. The number of benzene rings is 4. The molecule has 4 aromatic carbocycles. The highest BCUT2D eigenvalue weighted by atomic mass is 35.5. The van der Waals surface area contributed by atoms with Crippen LogP contribution in [-0.4, -0.2) is 70.2 Å². The Balaban J connectivity index is 1.17. The predicted octanol–water partition coefficient (Wildman–Crippen LogP) is 9.02. The maximum Gasteiger partial charge on any atom is 0.193 e. The first-order chi connectivity index (χ1) is 25.1. The van der Waals surface area contributed by atoms with Gasteiger partial charge in [-0.15, -0.1) is 0 Å². The highest BCUT2D eigenvalue weighted by molar-refractivity contribution is 6.30. The zero-order chi connectivity index (χ0) is 36.3. The van der Waals surface area contributed by atoms with Crippen LogP contribution in [-0.2, 0) is 6.42 Å². The molecule has 0 spiro atoms. The van der Waals surface area contributed by atoms with E-state index in [0.29, 0.717) is 36.9 Å². The van der Waals surface area contributed by atoms with Gasteiger partial charge < -0.3 is 10.2 Å². The summed E-state index contributed by atoms with van der Waals surface area (Å²) in [4.78, 5) is 19.3. The summed E-state index contributed by atoms with van der Waals surface area (Å²) in [5.74, 6) is 0.0294. The van der Waals surface area contributed by atoms with Gasteiger partial charge in [0.15, 0.2) is 5.78 Å². The van der Waals surface area contributed by atoms with Gasteiger partial charge in [0.2, 0.25) is 0 Å². The van der Waals surface area contributed by atoms with Gasteiger partial charge in [0, 0.05) is 54.3 Å². The van der Waals surface area contributed by atoms with Crippen molar-refractivity contribution in [1.82, 2.24) is 9.80 Å². The minimum Gasteiger partial charge on any atom is -0.393 e. The Morgan fingerprint density at radius 2 is 1.54 bits per heavy atom. The van der Waals surface area contributed by atoms with Crippen LogP contribution < -0.4 is 0 Å². The predicted molar refractivity (Wildman–Crippen MR) is 211 cm³/mol. The van der Waals surface area contributed by atoms with Crippen LogP contribution in [0.3, 0.4) is 0 Å². The zero-order valence-electron chi connectivity index (χ0n) is 30.7. The fourth-order valence-corrected chi connectivity index (χ4v) is 9.51. The molecule has 2 N–H and O–H groups in total. The summed E-state index contributed by atoms with van der Waals surface area (Å²) in [6.45, 7) is 8.58. The fraction of sp³-hybridized carbons (Fsp3) is 0.413. The van der Waals surface area contributed by atoms with Crippen LogP contribution in [0.1, 0.15) is 103 Å². The van der Waals surface area contributed by atoms with Crippen molar-refractivity contribution < 1.29 is 15.0 Å². The van der Waals surface area contributed by atoms with Gasteiger partial charge >= 0.3 is 0 Å². The number of hydrogen-bond donors (Lipinski definition) is 2. The third-order valence-corrected chi connectivity index (χ3v) is 12.8. The van der Waals surface area contributed by atoms with E-state index in [4.69, 9.17) is 11.6 Å². The molecule has 0 radical (unpaired) electrons. The number of aliphatic hydroxyl groups excluding tert-OH is 1. The number of halogens is 1. The zero-order valence-corrected chi connectivity index (χ0v) is 31.4. The maximum absolute atomic E-state index is 14.2. The summed E-state index contributed by atoms with van der Waals surface area (Å²) < 4.78 is 0. The number of carbonyl (C=O) groups excluding carboxylic acids is 1. The highest BCUT2D eigenvalue weighted by Crippen LogP contribution is 2.59. The number of rotatable bonds is 7. The molecule has 272 valence electrons. The van der Waals surface area contributed by atoms with Gasteiger partial charge in [0.1, 0.15) is 0 Å². The number of allylic oxidation sites excluding steroid dienone is 2. The van der Waals surface area contributed by atoms with E-state index in [0.717, 1.165) is 68.0 Å². The van der Waals surface area contributed by atoms with Gasteiger partial charge in [-0.3, -0.25) is 14.6 Å². The maximum atomic E-state index is 14.2. The summed E-state index contributed by atoms with van der Waals surface area (Å²) in [6, 6.07) is 34.9. The SMILES string of the molecule is CC1=CCC[C@@]2(C)[C@@H](CC[C@@]2(O)CN2CCN(C(c3ccccc3)c3ccc(Cl)cc3)CC2)c2ccc(cc2C(=O)c2ccccc2)C[C@@H](O)CC1. The second kappa shape index (κ2) is 15.8. The van der Waals surface area contributed by atoms with E-state index in [1.807, 2.05) is 48.5 Å². The van der Waals surface area contributed by atoms with Crippen LogP contribution in [0.2, 0.25) is 5.02 Å². The first-order valence-electron chi connectivity index (χ1n) is 19.2. The van der Waals surface area contributed by atoms with Gasteiger partial charge in [-0.2, -0.15) is 0 Å². The van der Waals surface area contributed by atoms with E-state index in [2.05, 4.69) is 84.3 Å². The van der Waals surface area contributed by atoms with Crippen molar-refractivity contribution in [3.05, 3.63) is 153 Å². The van der Waals surface area contributed by atoms with Gasteiger partial charge in [-0.1, -0.05) is 115 Å². The quantitative estimate of drug-likeness (QED) is 0.148. The van der Waals surface area contributed by atoms with Crippen molar-refractivity contribution in [3.8, 4) is 0 Å². The van der Waals surface area contributed by atoms with E-state index in [-0.39, 0.29) is 17.7 Å². The molecule has 5 nitrogen and oxygen atoms in total. The Bertz CT molecular complexity index is 1850. The Hall–Kier alpha value is -3.58. The molecule has 3 aliphatic carbocycles. The van der Waals surface area contributed by atoms with E-state index in [1.165, 1.54) is 16.7 Å². The third-order valence-electron chi connectivity index (χ3n) is 12.5. The van der Waals surface area contributed by atoms with Gasteiger partial charge in [-0.25, -0.2) is 0 Å². The number of ketones is 1. The molecule has 8 rings (SSSR count). The molecular formula is C46H53ClN2O3. The molecule has 1 heterocycles. The lowest BCUT2D eigenvalue weighted by molar-refractivity contribution is -0.0894. The number of hydrogen-bond acceptors (Lipinski definition) is 5. The molecule has 2 fully saturated rings. The number of aliphatic hydroxyl groups is 2. The van der Waals surface area contributed by atoms with Crippen molar-refractivity contribution >= 4 is 17.4 Å². The topological polar surface area (TPSA) is 64.0 Å². The Morgan fingerprint density at radius 3 is 2.25 bits per heavy atom. The molecule has 1 saturated carbocycles. The van der Waals surface area contributed by atoms with Crippen molar-refractivity contribution in [2.24, 2.45) is 5.41 Å². The average Bonchev–Trinajstić information content (AvgIpc) is 3.41. The molecule has 0 amide bonds. The van der Waals surface area contributed by atoms with Crippen molar-refractivity contribution in [2.45, 2.75) is 82.5 Å². The van der Waals surface area contributed by atoms with Crippen LogP contribution >= 0.6 is 11.6 Å². The van der Waals surface area contributed by atoms with Crippen molar-refractivity contribution in [3.63, 3.8) is 0 Å². The summed E-state index contributed by atoms with van der Waals surface area (Å²) in [5, 5.41) is 24.6. The van der Waals surface area contributed by atoms with E-state index >= 15 is 0 Å². The number of carbonyl (C=O) groups is 1. The van der Waals surface area contributed by atoms with E-state index in [9.17, 15) is 15.0 Å². The molecule has 0 aromatic heterocycles. The van der Waals surface area contributed by atoms with Crippen molar-refractivity contribution in [1.29, 1.82) is 0 Å². The standard InChI is InChI=1S/C46H53ClN2O3/c1-33-10-9-24-45(2)42(40-22-16-34(30-39(50)21-15-33)31-41(40)44(51)37-13-7-4-8-14-37)23-25-46(45,52)32-48-26-28-49(29-27-48)43(35-11-5-3-6-12-35)36-17-19-38(47)20-18-36/h3-8,10-14,16-20,22,31,39,42-43,50,52H,9,15,21,23-30,32H2,1-2H3/t39-,42-,43?,45-,46+/m0/s1. The van der Waals surface area contributed by atoms with Crippen LogP contribution in [0.15, 0.2) is 115 Å². The van der Waals surface area contributed by atoms with Crippen LogP contribution in [0, 0.1) is 5.41 Å². The first kappa shape index (κ1) is 36.8. The second-order valence-electron chi connectivity index (χ2n) is 15.8. The normalized spacial score (nSPS) is 26.7. The molecule has 4 aromatic rings. The summed E-state index contributed by atoms with van der Waals surface area (Å²) in [5.41, 5.74) is 5.81. The summed E-state index contributed by atoms with van der Waals surface area (Å²) in [6.07, 6.45) is 7.07. The monoisotopic (exact) mass is 716 g/mol. The van der Waals surface area contributed by atoms with E-state index < -0.39 is 17.1 Å². The Labute approximate surface area is 314 Å². The molecule has 5 atom stereocenters. The fourth-order valence-electron chi connectivity index (χ4n) is 9.39. The third kappa shape index (κ3) is 7.71. The van der Waals surface area contributed by atoms with Crippen LogP contribution in [0.25, 0.3) is 0 Å². The molecule has 52 heavy (non-hydrogen) atoms. The smallest absolute Gasteiger partial charge is 0.193 e. The lowest BCUT2D eigenvalue weighted by atomic mass is 9.64. The van der Waals surface area contributed by atoms with Crippen LogP contribution in [0.5, 0.6) is 0 Å². The molecule has 1 saturated heterocycles. The Morgan fingerprint density at radius 1 is 0.865 bits per heavy atom. The van der Waals surface area contributed by atoms with Gasteiger partial charge in [-0.05, 0) is 98.2 Å². The second-order valence-corrected chi connectivity index (χ2v) is 16.3. The number of β-amino-alcohol motifs (C(OH)–C–C–N with tert-alkyl or cyclic N) is 1. The van der Waals surface area contributed by atoms with E-state index in [1.54, 1.807) is 0 Å². The summed E-state index contributed by atoms with van der Waals surface area (Å²) >= 11 is 6.29. The number of nitrogens with zero attached hydrogens (tertiary/aromatic N) is 2. The number of fused-ring (bicyclic) bond motifs is 8. The molecule has 1 unspecified atom stereocenters. The lowest BCUT2D eigenvalue weighted by Crippen LogP contribution is -2.56. The molecule has 1 aliphatic heterocycles. The average molecular weight is 717 g/mol. The highest BCUT2D eigenvalue weighted by Gasteiger charge is 2.57. The van der Waals surface area contributed by atoms with Gasteiger partial charge in [0.25, 0.3) is 0 Å². The minimum atomic E-state index is -0.921. The van der Waals surface area contributed by atoms with Crippen molar-refractivity contribution in [2.75, 3.05) is 32.7 Å². The first-order valence-corrected chi connectivity index (χ1v) is 19.6. The summed E-state index contributed by atoms with van der Waals surface area (Å²) in [7, 11) is 0. The largest absolute Gasteiger partial charge is 0.393 e. The molecule has 4 aliphatic rings. The molecule has 2 bridgehead atoms. The van der Waals surface area contributed by atoms with Gasteiger partial charge in [0.05, 0.1) is 17.7 Å². The molecular weight excluding hydrogens is 664 g/mol. The number of piperazine rings is 1. The van der Waals surface area contributed by atoms with Crippen LogP contribution in [0.4, 0.5) is 0 Å². The Kier molecular flexibility index (Phi) is 11.2. The minimum absolute atomic E-state index is 0.0114. The lowest BCUT2D eigenvalue weighted by Gasteiger charge is -2.48.